The molecule has 0 bridgehead atoms. The molecule has 1 N–H and O–H groups in total. The summed E-state index contributed by atoms with van der Waals surface area (Å²) in [6.45, 7) is 5.61. The normalized spacial score (nSPS) is 23.1. The fourth-order valence-corrected chi connectivity index (χ4v) is 4.55. The lowest BCUT2D eigenvalue weighted by Gasteiger charge is -2.32. The molecule has 4 rings (SSSR count). The second-order valence-corrected chi connectivity index (χ2v) is 7.79. The van der Waals surface area contributed by atoms with E-state index >= 15 is 0 Å². The van der Waals surface area contributed by atoms with Gasteiger partial charge < -0.3 is 10.2 Å². The number of nitrogens with zero attached hydrogens (tertiary/aromatic N) is 5. The van der Waals surface area contributed by atoms with Crippen LogP contribution in [-0.2, 0) is 18.4 Å². The van der Waals surface area contributed by atoms with Gasteiger partial charge in [0.05, 0.1) is 11.9 Å². The van der Waals surface area contributed by atoms with Gasteiger partial charge in [-0.05, 0) is 30.9 Å². The first-order valence-electron chi connectivity index (χ1n) is 9.79. The molecular formula is C20H28N6O. The highest BCUT2D eigenvalue weighted by Gasteiger charge is 2.39. The van der Waals surface area contributed by atoms with E-state index in [4.69, 9.17) is 0 Å². The maximum absolute atomic E-state index is 11.6. The highest BCUT2D eigenvalue weighted by molar-refractivity contribution is 5.92. The molecule has 4 heterocycles. The minimum atomic E-state index is -0.0553. The highest BCUT2D eigenvalue weighted by Crippen LogP contribution is 2.35. The van der Waals surface area contributed by atoms with Crippen LogP contribution in [0.5, 0.6) is 0 Å². The first-order valence-corrected chi connectivity index (χ1v) is 9.79. The second-order valence-electron chi connectivity index (χ2n) is 7.79. The average Bonchev–Trinajstić information content (AvgIpc) is 3.16. The Labute approximate surface area is 160 Å². The molecule has 27 heavy (non-hydrogen) atoms. The van der Waals surface area contributed by atoms with Gasteiger partial charge in [-0.2, -0.15) is 5.10 Å². The molecule has 2 aliphatic rings. The minimum absolute atomic E-state index is 0.0553. The van der Waals surface area contributed by atoms with Gasteiger partial charge in [0, 0.05) is 64.1 Å². The average molecular weight is 368 g/mol. The van der Waals surface area contributed by atoms with Crippen LogP contribution in [0, 0.1) is 5.92 Å². The second kappa shape index (κ2) is 7.68. The molecule has 7 heteroatoms. The number of anilines is 2. The number of aromatic nitrogens is 3. The number of likely N-dealkylation sites (tertiary alicyclic amines) is 1. The number of hydrogen-bond acceptors (Lipinski definition) is 5. The number of carbonyl (C=O) groups is 1. The maximum atomic E-state index is 11.6. The number of pyridine rings is 1. The number of aryl methyl sites for hydroxylation is 1. The van der Waals surface area contributed by atoms with E-state index in [2.05, 4.69) is 31.4 Å². The Morgan fingerprint density at radius 3 is 3.00 bits per heavy atom. The molecule has 2 fully saturated rings. The zero-order valence-electron chi connectivity index (χ0n) is 16.1. The van der Waals surface area contributed by atoms with Crippen molar-refractivity contribution in [2.45, 2.75) is 38.8 Å². The first kappa shape index (κ1) is 18.0. The molecule has 2 aromatic rings. The summed E-state index contributed by atoms with van der Waals surface area (Å²) < 4.78 is 1.86. The molecule has 0 radical (unpaired) electrons. The van der Waals surface area contributed by atoms with Gasteiger partial charge in [0.15, 0.2) is 5.82 Å². The van der Waals surface area contributed by atoms with Crippen LogP contribution >= 0.6 is 0 Å². The summed E-state index contributed by atoms with van der Waals surface area (Å²) in [5.74, 6) is 1.49. The summed E-state index contributed by atoms with van der Waals surface area (Å²) in [5, 5.41) is 7.25. The molecule has 0 aromatic carbocycles. The van der Waals surface area contributed by atoms with E-state index in [1.807, 2.05) is 36.3 Å². The largest absolute Gasteiger partial charge is 0.350 e. The molecule has 0 saturated carbocycles. The number of amides is 1. The molecule has 0 aliphatic carbocycles. The third-order valence-electron chi connectivity index (χ3n) is 5.64. The van der Waals surface area contributed by atoms with Crippen molar-refractivity contribution in [1.29, 1.82) is 0 Å². The van der Waals surface area contributed by atoms with Crippen LogP contribution in [0.1, 0.15) is 31.7 Å². The van der Waals surface area contributed by atoms with Crippen molar-refractivity contribution in [2.75, 3.05) is 29.9 Å². The Balaban J connectivity index is 1.56. The first-order chi connectivity index (χ1) is 13.1. The summed E-state index contributed by atoms with van der Waals surface area (Å²) in [5.41, 5.74) is 2.08. The van der Waals surface area contributed by atoms with Crippen LogP contribution in [0.25, 0.3) is 0 Å². The number of rotatable bonds is 4. The van der Waals surface area contributed by atoms with Crippen molar-refractivity contribution >= 4 is 17.4 Å². The van der Waals surface area contributed by atoms with Crippen molar-refractivity contribution in [3.63, 3.8) is 0 Å². The van der Waals surface area contributed by atoms with Gasteiger partial charge in [0.1, 0.15) is 0 Å². The molecule has 2 saturated heterocycles. The molecular weight excluding hydrogens is 340 g/mol. The Morgan fingerprint density at radius 1 is 1.33 bits per heavy atom. The number of carbonyl (C=O) groups excluding carboxylic acids is 1. The van der Waals surface area contributed by atoms with E-state index in [1.165, 1.54) is 24.8 Å². The number of fused-ring (bicyclic) bond motifs is 1. The van der Waals surface area contributed by atoms with Crippen LogP contribution in [0.3, 0.4) is 0 Å². The van der Waals surface area contributed by atoms with Crippen LogP contribution in [0.4, 0.5) is 11.5 Å². The molecule has 2 atom stereocenters. The van der Waals surface area contributed by atoms with Crippen LogP contribution in [-0.4, -0.2) is 51.2 Å². The Hall–Kier alpha value is -2.41. The summed E-state index contributed by atoms with van der Waals surface area (Å²) in [7, 11) is 1.96. The van der Waals surface area contributed by atoms with Crippen molar-refractivity contribution < 1.29 is 4.79 Å². The van der Waals surface area contributed by atoms with E-state index in [1.54, 1.807) is 6.92 Å². The zero-order valence-corrected chi connectivity index (χ0v) is 16.1. The predicted molar refractivity (Wildman–Crippen MR) is 106 cm³/mol. The van der Waals surface area contributed by atoms with Gasteiger partial charge in [0.2, 0.25) is 5.91 Å². The van der Waals surface area contributed by atoms with Crippen molar-refractivity contribution in [2.24, 2.45) is 13.0 Å². The molecule has 2 aliphatic heterocycles. The summed E-state index contributed by atoms with van der Waals surface area (Å²) >= 11 is 0. The minimum Gasteiger partial charge on any atom is -0.350 e. The van der Waals surface area contributed by atoms with E-state index in [-0.39, 0.29) is 5.91 Å². The Bertz CT molecular complexity index is 803. The molecule has 0 spiro atoms. The third-order valence-corrected chi connectivity index (χ3v) is 5.64. The standard InChI is InChI=1S/C20H28N6O/c1-15(27)23-18-7-5-8-21-20(18)26-9-4-3-6-17-13-25(14-19(17)26)12-16-10-22-24(2)11-16/h5,7-8,10-11,17,19H,3-4,6,9,12-14H2,1-2H3,(H,23,27)/t17-,19+/m1/s1. The molecule has 1 amide bonds. The van der Waals surface area contributed by atoms with Gasteiger partial charge >= 0.3 is 0 Å². The summed E-state index contributed by atoms with van der Waals surface area (Å²) in [6.07, 6.45) is 9.56. The van der Waals surface area contributed by atoms with Crippen molar-refractivity contribution in [3.05, 3.63) is 36.3 Å². The lowest BCUT2D eigenvalue weighted by molar-refractivity contribution is -0.114. The molecule has 7 nitrogen and oxygen atoms in total. The molecule has 144 valence electrons. The lowest BCUT2D eigenvalue weighted by Crippen LogP contribution is -2.41. The van der Waals surface area contributed by atoms with Crippen LogP contribution in [0.15, 0.2) is 30.7 Å². The van der Waals surface area contributed by atoms with Gasteiger partial charge in [-0.15, -0.1) is 0 Å². The van der Waals surface area contributed by atoms with Gasteiger partial charge in [-0.3, -0.25) is 14.4 Å². The topological polar surface area (TPSA) is 66.3 Å². The van der Waals surface area contributed by atoms with Gasteiger partial charge in [0.25, 0.3) is 0 Å². The highest BCUT2D eigenvalue weighted by atomic mass is 16.1. The predicted octanol–water partition coefficient (Wildman–Crippen LogP) is 2.26. The van der Waals surface area contributed by atoms with Crippen LogP contribution < -0.4 is 10.2 Å². The van der Waals surface area contributed by atoms with E-state index in [9.17, 15) is 4.79 Å². The van der Waals surface area contributed by atoms with Crippen molar-refractivity contribution in [1.82, 2.24) is 19.7 Å². The van der Waals surface area contributed by atoms with E-state index in [0.29, 0.717) is 12.0 Å². The maximum Gasteiger partial charge on any atom is 0.221 e. The van der Waals surface area contributed by atoms with Crippen LogP contribution in [0.2, 0.25) is 0 Å². The number of hydrogen-bond donors (Lipinski definition) is 1. The monoisotopic (exact) mass is 368 g/mol. The SMILES string of the molecule is CC(=O)Nc1cccnc1N1CCCC[C@@H]2CN(Cc3cnn(C)c3)C[C@@H]21. The van der Waals surface area contributed by atoms with E-state index < -0.39 is 0 Å². The molecule has 2 aromatic heterocycles. The van der Waals surface area contributed by atoms with Crippen molar-refractivity contribution in [3.8, 4) is 0 Å². The molecule has 0 unspecified atom stereocenters. The van der Waals surface area contributed by atoms with Gasteiger partial charge in [-0.1, -0.05) is 6.42 Å². The lowest BCUT2D eigenvalue weighted by atomic mass is 9.98. The Morgan fingerprint density at radius 2 is 2.22 bits per heavy atom. The van der Waals surface area contributed by atoms with Gasteiger partial charge in [-0.25, -0.2) is 4.98 Å². The zero-order chi connectivity index (χ0) is 18.8. The fraction of sp³-hybridized carbons (Fsp3) is 0.550. The quantitative estimate of drug-likeness (QED) is 0.897. The Kier molecular flexibility index (Phi) is 5.11. The fourth-order valence-electron chi connectivity index (χ4n) is 4.55. The summed E-state index contributed by atoms with van der Waals surface area (Å²) in [6, 6.07) is 4.27. The smallest absolute Gasteiger partial charge is 0.221 e. The summed E-state index contributed by atoms with van der Waals surface area (Å²) in [4.78, 5) is 21.2. The van der Waals surface area contributed by atoms with E-state index in [0.717, 1.165) is 37.7 Å². The third kappa shape index (κ3) is 3.98. The number of nitrogens with one attached hydrogen (secondary N) is 1.